The lowest BCUT2D eigenvalue weighted by Crippen LogP contribution is -2.66. The molecule has 1 aliphatic carbocycles. The first-order chi connectivity index (χ1) is 10.5. The lowest BCUT2D eigenvalue weighted by molar-refractivity contribution is -0.362. The van der Waals surface area contributed by atoms with Gasteiger partial charge >= 0.3 is 23.9 Å². The van der Waals surface area contributed by atoms with Gasteiger partial charge in [0.25, 0.3) is 0 Å². The standard InChI is InChI=1S/C11H15F6NO5S/c12-10(13,14)9(11(15,16)17,6-24(20,21)22)23-7(19)8(18)4-2-1-3-5-8/h1-6,18H2,(H,20,21,22)/p-1. The Bertz CT molecular complexity index is 565. The summed E-state index contributed by atoms with van der Waals surface area (Å²) in [6.45, 7) is 0. The van der Waals surface area contributed by atoms with Crippen LogP contribution in [-0.4, -0.2) is 48.2 Å². The fraction of sp³-hybridized carbons (Fsp3) is 0.909. The molecule has 2 N–H and O–H groups in total. The van der Waals surface area contributed by atoms with Crippen molar-refractivity contribution < 1.29 is 48.8 Å². The fourth-order valence-corrected chi connectivity index (χ4v) is 3.25. The molecule has 1 saturated carbocycles. The van der Waals surface area contributed by atoms with E-state index in [0.29, 0.717) is 6.42 Å². The Morgan fingerprint density at radius 2 is 1.46 bits per heavy atom. The molecule has 1 rings (SSSR count). The van der Waals surface area contributed by atoms with Gasteiger partial charge in [0.2, 0.25) is 0 Å². The first kappa shape index (κ1) is 21.0. The Hall–Kier alpha value is -1.08. The van der Waals surface area contributed by atoms with Crippen LogP contribution in [0.15, 0.2) is 0 Å². The van der Waals surface area contributed by atoms with Gasteiger partial charge in [-0.15, -0.1) is 0 Å². The highest BCUT2D eigenvalue weighted by Crippen LogP contribution is 2.47. The molecule has 0 atom stereocenters. The van der Waals surface area contributed by atoms with Crippen LogP contribution in [0, 0.1) is 0 Å². The highest BCUT2D eigenvalue weighted by molar-refractivity contribution is 7.85. The van der Waals surface area contributed by atoms with Crippen molar-refractivity contribution in [1.29, 1.82) is 0 Å². The number of nitrogens with two attached hydrogens (primary N) is 1. The number of hydrogen-bond donors (Lipinski definition) is 1. The van der Waals surface area contributed by atoms with Crippen molar-refractivity contribution in [3.8, 4) is 0 Å². The number of rotatable bonds is 4. The number of esters is 1. The quantitative estimate of drug-likeness (QED) is 0.447. The zero-order chi connectivity index (χ0) is 19.0. The van der Waals surface area contributed by atoms with Gasteiger partial charge in [-0.25, -0.2) is 8.42 Å². The van der Waals surface area contributed by atoms with E-state index in [1.54, 1.807) is 0 Å². The summed E-state index contributed by atoms with van der Waals surface area (Å²) in [5.41, 5.74) is -2.05. The largest absolute Gasteiger partial charge is 0.748 e. The van der Waals surface area contributed by atoms with Gasteiger partial charge in [0.15, 0.2) is 0 Å². The van der Waals surface area contributed by atoms with Crippen molar-refractivity contribution in [3.63, 3.8) is 0 Å². The van der Waals surface area contributed by atoms with Gasteiger partial charge in [0, 0.05) is 0 Å². The highest BCUT2D eigenvalue weighted by atomic mass is 32.2. The van der Waals surface area contributed by atoms with E-state index in [4.69, 9.17) is 5.73 Å². The molecular weight excluding hydrogens is 372 g/mol. The van der Waals surface area contributed by atoms with Crippen LogP contribution in [-0.2, 0) is 19.6 Å². The van der Waals surface area contributed by atoms with Gasteiger partial charge in [0.05, 0.1) is 15.9 Å². The zero-order valence-corrected chi connectivity index (χ0v) is 12.9. The van der Waals surface area contributed by atoms with Gasteiger partial charge in [-0.3, -0.25) is 4.79 Å². The van der Waals surface area contributed by atoms with Crippen LogP contribution in [0.4, 0.5) is 26.3 Å². The second-order valence-electron chi connectivity index (χ2n) is 5.63. The Morgan fingerprint density at radius 3 is 1.79 bits per heavy atom. The van der Waals surface area contributed by atoms with Gasteiger partial charge < -0.3 is 15.0 Å². The number of alkyl halides is 6. The summed E-state index contributed by atoms with van der Waals surface area (Å²) in [4.78, 5) is 11.9. The molecule has 13 heteroatoms. The van der Waals surface area contributed by atoms with E-state index in [0.717, 1.165) is 0 Å². The second kappa shape index (κ2) is 6.33. The topological polar surface area (TPSA) is 110 Å². The van der Waals surface area contributed by atoms with Crippen LogP contribution in [0.25, 0.3) is 0 Å². The first-order valence-electron chi connectivity index (χ1n) is 6.63. The molecular formula is C11H14F6NO5S-. The average molecular weight is 386 g/mol. The third-order valence-corrected chi connectivity index (χ3v) is 4.48. The van der Waals surface area contributed by atoms with Crippen molar-refractivity contribution in [2.75, 3.05) is 5.75 Å². The molecule has 0 amide bonds. The smallest absolute Gasteiger partial charge is 0.438 e. The van der Waals surface area contributed by atoms with Crippen molar-refractivity contribution in [2.24, 2.45) is 5.73 Å². The van der Waals surface area contributed by atoms with Gasteiger partial charge in [0.1, 0.15) is 5.54 Å². The summed E-state index contributed by atoms with van der Waals surface area (Å²) in [6, 6.07) is 0. The van der Waals surface area contributed by atoms with Gasteiger partial charge in [-0.2, -0.15) is 26.3 Å². The van der Waals surface area contributed by atoms with Gasteiger partial charge in [-0.05, 0) is 12.8 Å². The molecule has 0 bridgehead atoms. The summed E-state index contributed by atoms with van der Waals surface area (Å²) in [5, 5.41) is 0. The van der Waals surface area contributed by atoms with Crippen LogP contribution in [0.2, 0.25) is 0 Å². The lowest BCUT2D eigenvalue weighted by Gasteiger charge is -2.40. The van der Waals surface area contributed by atoms with Crippen molar-refractivity contribution in [1.82, 2.24) is 0 Å². The Kier molecular flexibility index (Phi) is 5.53. The molecule has 1 aliphatic rings. The number of carbonyl (C=O) groups excluding carboxylic acids is 1. The van der Waals surface area contributed by atoms with E-state index in [2.05, 4.69) is 4.74 Å². The molecule has 142 valence electrons. The van der Waals surface area contributed by atoms with E-state index >= 15 is 0 Å². The van der Waals surface area contributed by atoms with Crippen LogP contribution in [0.3, 0.4) is 0 Å². The van der Waals surface area contributed by atoms with E-state index < -0.39 is 45.3 Å². The zero-order valence-electron chi connectivity index (χ0n) is 12.0. The molecule has 0 aliphatic heterocycles. The first-order valence-corrected chi connectivity index (χ1v) is 8.21. The molecule has 0 aromatic carbocycles. The molecule has 6 nitrogen and oxygen atoms in total. The predicted octanol–water partition coefficient (Wildman–Crippen LogP) is 1.60. The Balaban J connectivity index is 3.34. The maximum Gasteiger partial charge on any atom is 0.438 e. The highest BCUT2D eigenvalue weighted by Gasteiger charge is 2.75. The van der Waals surface area contributed by atoms with Crippen LogP contribution >= 0.6 is 0 Å². The molecule has 24 heavy (non-hydrogen) atoms. The van der Waals surface area contributed by atoms with Crippen molar-refractivity contribution >= 4 is 16.1 Å². The number of hydrogen-bond acceptors (Lipinski definition) is 6. The lowest BCUT2D eigenvalue weighted by atomic mass is 9.82. The maximum absolute atomic E-state index is 13.0. The Labute approximate surface area is 133 Å². The number of ether oxygens (including phenoxy) is 1. The summed E-state index contributed by atoms with van der Waals surface area (Å²) < 4.78 is 113. The normalized spacial score (nSPS) is 19.8. The molecule has 0 radical (unpaired) electrons. The van der Waals surface area contributed by atoms with E-state index in [1.807, 2.05) is 0 Å². The summed E-state index contributed by atoms with van der Waals surface area (Å²) in [7, 11) is -6.05. The monoisotopic (exact) mass is 386 g/mol. The summed E-state index contributed by atoms with van der Waals surface area (Å²) in [6.07, 6.45) is -12.1. The number of carbonyl (C=O) groups is 1. The SMILES string of the molecule is NC1(C(=O)OC(CS(=O)(=O)[O-])(C(F)(F)F)C(F)(F)F)CCCCC1. The molecule has 0 aromatic heterocycles. The van der Waals surface area contributed by atoms with Crippen LogP contribution < -0.4 is 5.73 Å². The molecule has 0 spiro atoms. The van der Waals surface area contributed by atoms with Crippen molar-refractivity contribution in [3.05, 3.63) is 0 Å². The molecule has 0 saturated heterocycles. The van der Waals surface area contributed by atoms with E-state index in [9.17, 15) is 44.1 Å². The minimum atomic E-state index is -6.39. The summed E-state index contributed by atoms with van der Waals surface area (Å²) in [5.74, 6) is -5.06. The minimum Gasteiger partial charge on any atom is -0.748 e. The maximum atomic E-state index is 13.0. The summed E-state index contributed by atoms with van der Waals surface area (Å²) >= 11 is 0. The average Bonchev–Trinajstić information content (AvgIpc) is 2.34. The third-order valence-electron chi connectivity index (χ3n) is 3.72. The van der Waals surface area contributed by atoms with Crippen molar-refractivity contribution in [2.45, 2.75) is 55.6 Å². The number of halogens is 6. The van der Waals surface area contributed by atoms with Gasteiger partial charge in [-0.1, -0.05) is 19.3 Å². The molecule has 0 aromatic rings. The Morgan fingerprint density at radius 1 is 1.04 bits per heavy atom. The van der Waals surface area contributed by atoms with E-state index in [1.165, 1.54) is 0 Å². The minimum absolute atomic E-state index is 0.220. The molecule has 1 fully saturated rings. The van der Waals surface area contributed by atoms with E-state index in [-0.39, 0.29) is 25.7 Å². The van der Waals surface area contributed by atoms with Crippen LogP contribution in [0.5, 0.6) is 0 Å². The third kappa shape index (κ3) is 4.30. The predicted molar refractivity (Wildman–Crippen MR) is 65.5 cm³/mol. The second-order valence-corrected chi connectivity index (χ2v) is 7.03. The molecule has 0 heterocycles. The molecule has 0 unspecified atom stereocenters. The fourth-order valence-electron chi connectivity index (χ4n) is 2.37. The van der Waals surface area contributed by atoms with Crippen LogP contribution in [0.1, 0.15) is 32.1 Å².